The summed E-state index contributed by atoms with van der Waals surface area (Å²) < 4.78 is 57.7. The molecule has 0 aromatic carbocycles. The predicted molar refractivity (Wildman–Crippen MR) is 229 cm³/mol. The minimum Gasteiger partial charge on any atom is -0.459 e. The zero-order valence-electron chi connectivity index (χ0n) is 40.0. The first kappa shape index (κ1) is 53.8. The van der Waals surface area contributed by atoms with Gasteiger partial charge in [-0.3, -0.25) is 19.2 Å². The van der Waals surface area contributed by atoms with Crippen molar-refractivity contribution in [1.29, 1.82) is 0 Å². The van der Waals surface area contributed by atoms with Gasteiger partial charge in [-0.25, -0.2) is 0 Å². The van der Waals surface area contributed by atoms with Crippen molar-refractivity contribution in [3.8, 4) is 0 Å². The van der Waals surface area contributed by atoms with Crippen LogP contribution in [0.1, 0.15) is 122 Å². The van der Waals surface area contributed by atoms with Crippen LogP contribution in [0.3, 0.4) is 0 Å². The van der Waals surface area contributed by atoms with Crippen molar-refractivity contribution in [2.45, 2.75) is 206 Å². The van der Waals surface area contributed by atoms with E-state index in [1.165, 1.54) is 14.0 Å². The lowest BCUT2D eigenvalue weighted by Gasteiger charge is -2.50. The number of esters is 3. The maximum absolute atomic E-state index is 14.5. The van der Waals surface area contributed by atoms with Gasteiger partial charge in [0.15, 0.2) is 24.8 Å². The van der Waals surface area contributed by atoms with Gasteiger partial charge in [0.1, 0.15) is 23.1 Å². The molecule has 358 valence electrons. The Kier molecular flexibility index (Phi) is 19.6. The number of carbonyl (C=O) groups excluding carboxylic acids is 4. The SMILES string of the molecule is C=CCO[C@@]1(C)C[C@@H](C)C(=O)[C@H](C)[C@@H](O)[C@](C)(O)[C@@H](CC)OC(=O)[C@H](C)[C@@H](O[C@H]2C[C@@](C)(OC)[C@@H](OC(=O)CC)[C@H](C)O2)[C@H](C)[C@H]1O[C@@H]1O[C@H](C)C[C@H](N(C)C)[C@H]1OC(=O)CC. The molecule has 3 rings (SSSR count). The molecule has 3 aliphatic heterocycles. The van der Waals surface area contributed by atoms with Crippen molar-refractivity contribution in [1.82, 2.24) is 4.90 Å². The molecule has 0 bridgehead atoms. The largest absolute Gasteiger partial charge is 0.459 e. The highest BCUT2D eigenvalue weighted by Crippen LogP contribution is 2.43. The molecule has 0 saturated carbocycles. The number of hydrogen-bond donors (Lipinski definition) is 2. The molecule has 62 heavy (non-hydrogen) atoms. The number of rotatable bonds is 14. The number of aliphatic hydroxyl groups excluding tert-OH is 1. The molecule has 0 spiro atoms. The summed E-state index contributed by atoms with van der Waals surface area (Å²) in [6.07, 6.45) is -7.27. The standard InChI is InChI=1S/C46H79NO15/c1-17-21-55-45(12)23-25(5)36(50)27(7)39(51)46(13,53)32(18-2)58-42(52)29(9)37(61-35-24-44(11,54-16)41(30(10)57-35)60-34(49)20-4)28(8)40(45)62-43-38(59-33(48)19-3)31(47(14)15)22-26(6)56-43/h17,25-32,35,37-41,43,51,53H,1,18-24H2,2-16H3/t25-,26-,27+,28+,29-,30+,31+,32-,35+,37+,38-,39-,40-,41+,43+,44-,45+,46-/m1/s1. The molecule has 3 saturated heterocycles. The van der Waals surface area contributed by atoms with Gasteiger partial charge < -0.3 is 57.7 Å². The number of carbonyl (C=O) groups is 4. The molecule has 0 aromatic heterocycles. The second-order valence-electron chi connectivity index (χ2n) is 18.7. The van der Waals surface area contributed by atoms with Crippen LogP contribution in [-0.2, 0) is 61.8 Å². The summed E-state index contributed by atoms with van der Waals surface area (Å²) in [6.45, 7) is 24.4. The molecule has 2 N–H and O–H groups in total. The molecule has 3 fully saturated rings. The van der Waals surface area contributed by atoms with E-state index < -0.39 is 114 Å². The van der Waals surface area contributed by atoms with E-state index >= 15 is 0 Å². The molecule has 3 aliphatic rings. The second-order valence-corrected chi connectivity index (χ2v) is 18.7. The number of ketones is 1. The third kappa shape index (κ3) is 12.4. The van der Waals surface area contributed by atoms with Gasteiger partial charge in [0, 0.05) is 44.1 Å². The molecule has 0 amide bonds. The van der Waals surface area contributed by atoms with Gasteiger partial charge in [-0.05, 0) is 74.9 Å². The average Bonchev–Trinajstić information content (AvgIpc) is 3.22. The summed E-state index contributed by atoms with van der Waals surface area (Å²) >= 11 is 0. The van der Waals surface area contributed by atoms with Crippen LogP contribution >= 0.6 is 0 Å². The molecular weight excluding hydrogens is 806 g/mol. The normalized spacial score (nSPS) is 42.7. The number of Topliss-reactive ketones (excluding diaryl/α,β-unsaturated/α-hetero) is 1. The highest BCUT2D eigenvalue weighted by atomic mass is 16.7. The van der Waals surface area contributed by atoms with E-state index in [0.29, 0.717) is 6.42 Å². The highest BCUT2D eigenvalue weighted by molar-refractivity contribution is 5.83. The van der Waals surface area contributed by atoms with Crippen LogP contribution in [0.5, 0.6) is 0 Å². The van der Waals surface area contributed by atoms with Crippen molar-refractivity contribution in [2.75, 3.05) is 27.8 Å². The van der Waals surface area contributed by atoms with E-state index in [4.69, 9.17) is 42.6 Å². The van der Waals surface area contributed by atoms with E-state index in [-0.39, 0.29) is 56.6 Å². The summed E-state index contributed by atoms with van der Waals surface area (Å²) in [5.74, 6) is -5.73. The Hall–Kier alpha value is -2.54. The molecule has 16 heteroatoms. The van der Waals surface area contributed by atoms with Gasteiger partial charge >= 0.3 is 17.9 Å². The summed E-state index contributed by atoms with van der Waals surface area (Å²) in [7, 11) is 5.30. The molecular formula is C46H79NO15. The summed E-state index contributed by atoms with van der Waals surface area (Å²) in [6, 6.07) is -0.311. The maximum Gasteiger partial charge on any atom is 0.311 e. The second kappa shape index (κ2) is 22.6. The lowest BCUT2D eigenvalue weighted by atomic mass is 9.73. The van der Waals surface area contributed by atoms with E-state index in [1.54, 1.807) is 68.4 Å². The van der Waals surface area contributed by atoms with Gasteiger partial charge in [-0.1, -0.05) is 47.6 Å². The van der Waals surface area contributed by atoms with E-state index in [9.17, 15) is 29.4 Å². The monoisotopic (exact) mass is 886 g/mol. The average molecular weight is 886 g/mol. The van der Waals surface area contributed by atoms with Crippen molar-refractivity contribution >= 4 is 23.7 Å². The van der Waals surface area contributed by atoms with Crippen molar-refractivity contribution in [2.24, 2.45) is 23.7 Å². The van der Waals surface area contributed by atoms with Gasteiger partial charge in [-0.15, -0.1) is 6.58 Å². The van der Waals surface area contributed by atoms with E-state index in [1.807, 2.05) is 32.8 Å². The fraction of sp³-hybridized carbons (Fsp3) is 0.870. The summed E-state index contributed by atoms with van der Waals surface area (Å²) in [4.78, 5) is 56.4. The highest BCUT2D eigenvalue weighted by Gasteiger charge is 2.55. The first-order valence-electron chi connectivity index (χ1n) is 22.5. The fourth-order valence-corrected chi connectivity index (χ4v) is 9.56. The topological polar surface area (TPSA) is 195 Å². The summed E-state index contributed by atoms with van der Waals surface area (Å²) in [5, 5.41) is 23.5. The lowest BCUT2D eigenvalue weighted by molar-refractivity contribution is -0.321. The maximum atomic E-state index is 14.5. The molecule has 0 unspecified atom stereocenters. The molecule has 0 radical (unpaired) electrons. The molecule has 0 aromatic rings. The van der Waals surface area contributed by atoms with Gasteiger partial charge in [-0.2, -0.15) is 0 Å². The number of likely N-dealkylation sites (N-methyl/N-ethyl adjacent to an activating group) is 1. The Balaban J connectivity index is 2.34. The van der Waals surface area contributed by atoms with Crippen molar-refractivity contribution in [3.63, 3.8) is 0 Å². The molecule has 0 aliphatic carbocycles. The van der Waals surface area contributed by atoms with Crippen LogP contribution < -0.4 is 0 Å². The smallest absolute Gasteiger partial charge is 0.311 e. The third-order valence-electron chi connectivity index (χ3n) is 13.4. The van der Waals surface area contributed by atoms with E-state index in [2.05, 4.69) is 6.58 Å². The van der Waals surface area contributed by atoms with E-state index in [0.717, 1.165) is 0 Å². The molecule has 16 nitrogen and oxygen atoms in total. The number of aliphatic hydroxyl groups is 2. The fourth-order valence-electron chi connectivity index (χ4n) is 9.56. The van der Waals surface area contributed by atoms with Gasteiger partial charge in [0.05, 0.1) is 54.7 Å². The Labute approximate surface area is 369 Å². The predicted octanol–water partition coefficient (Wildman–Crippen LogP) is 4.92. The van der Waals surface area contributed by atoms with Crippen LogP contribution in [0.25, 0.3) is 0 Å². The zero-order valence-corrected chi connectivity index (χ0v) is 40.0. The van der Waals surface area contributed by atoms with Crippen molar-refractivity contribution in [3.05, 3.63) is 12.7 Å². The number of nitrogens with zero attached hydrogens (tertiary/aromatic N) is 1. The Bertz CT molecular complexity index is 1510. The van der Waals surface area contributed by atoms with Crippen LogP contribution in [0.2, 0.25) is 0 Å². The Morgan fingerprint density at radius 1 is 0.871 bits per heavy atom. The quantitative estimate of drug-likeness (QED) is 0.136. The Morgan fingerprint density at radius 3 is 2.03 bits per heavy atom. The first-order chi connectivity index (χ1) is 28.8. The lowest BCUT2D eigenvalue weighted by Crippen LogP contribution is -2.62. The van der Waals surface area contributed by atoms with Crippen LogP contribution in [-0.4, -0.2) is 151 Å². The van der Waals surface area contributed by atoms with Gasteiger partial charge in [0.2, 0.25) is 0 Å². The molecule has 3 heterocycles. The van der Waals surface area contributed by atoms with Crippen LogP contribution in [0.4, 0.5) is 0 Å². The Morgan fingerprint density at radius 2 is 1.48 bits per heavy atom. The minimum absolute atomic E-state index is 0.0298. The number of ether oxygens (including phenoxy) is 9. The number of methoxy groups -OCH3 is 1. The summed E-state index contributed by atoms with van der Waals surface area (Å²) in [5.41, 5.74) is -4.47. The number of hydrogen-bond acceptors (Lipinski definition) is 16. The first-order valence-corrected chi connectivity index (χ1v) is 22.5. The van der Waals surface area contributed by atoms with Crippen LogP contribution in [0.15, 0.2) is 12.7 Å². The van der Waals surface area contributed by atoms with Gasteiger partial charge in [0.25, 0.3) is 0 Å². The third-order valence-corrected chi connectivity index (χ3v) is 13.4. The van der Waals surface area contributed by atoms with Crippen LogP contribution in [0, 0.1) is 23.7 Å². The van der Waals surface area contributed by atoms with Crippen molar-refractivity contribution < 1.29 is 72.0 Å². The zero-order chi connectivity index (χ0) is 47.1. The minimum atomic E-state index is -2.02. The molecule has 18 atom stereocenters. The number of cyclic esters (lactones) is 1.